The fourth-order valence-electron chi connectivity index (χ4n) is 3.31. The largest absolute Gasteiger partial charge is 0.345 e. The van der Waals surface area contributed by atoms with Crippen molar-refractivity contribution in [2.45, 2.75) is 36.6 Å². The van der Waals surface area contributed by atoms with Gasteiger partial charge in [0.15, 0.2) is 0 Å². The lowest BCUT2D eigenvalue weighted by Crippen LogP contribution is -2.39. The predicted octanol–water partition coefficient (Wildman–Crippen LogP) is 2.37. The van der Waals surface area contributed by atoms with E-state index in [1.165, 1.54) is 0 Å². The molecule has 0 atom stereocenters. The Morgan fingerprint density at radius 1 is 1.29 bits per heavy atom. The molecule has 5 nitrogen and oxygen atoms in total. The first-order valence-electron chi connectivity index (χ1n) is 7.49. The van der Waals surface area contributed by atoms with Gasteiger partial charge in [-0.2, -0.15) is 4.31 Å². The van der Waals surface area contributed by atoms with Gasteiger partial charge in [-0.3, -0.25) is 0 Å². The molecule has 0 radical (unpaired) electrons. The average Bonchev–Trinajstić information content (AvgIpc) is 3.39. The maximum atomic E-state index is 13.0. The summed E-state index contributed by atoms with van der Waals surface area (Å²) in [7, 11) is -1.73. The second kappa shape index (κ2) is 4.55. The molecule has 21 heavy (non-hydrogen) atoms. The molecule has 0 unspecified atom stereocenters. The van der Waals surface area contributed by atoms with Gasteiger partial charge in [-0.05, 0) is 49.7 Å². The summed E-state index contributed by atoms with van der Waals surface area (Å²) < 4.78 is 27.6. The van der Waals surface area contributed by atoms with E-state index in [0.717, 1.165) is 25.7 Å². The number of pyridine rings is 1. The molecule has 0 aliphatic heterocycles. The molecule has 112 valence electrons. The van der Waals surface area contributed by atoms with Gasteiger partial charge in [0.2, 0.25) is 10.0 Å². The van der Waals surface area contributed by atoms with Crippen LogP contribution >= 0.6 is 0 Å². The molecule has 0 bridgehead atoms. The first kappa shape index (κ1) is 13.3. The van der Waals surface area contributed by atoms with Crippen molar-refractivity contribution in [3.63, 3.8) is 0 Å². The summed E-state index contributed by atoms with van der Waals surface area (Å²) >= 11 is 0. The zero-order valence-electron chi connectivity index (χ0n) is 12.0. The number of fused-ring (bicyclic) bond motifs is 1. The Bertz CT molecular complexity index is 763. The number of hydrogen-bond donors (Lipinski definition) is 1. The second-order valence-corrected chi connectivity index (χ2v) is 8.21. The highest BCUT2D eigenvalue weighted by molar-refractivity contribution is 7.89. The number of rotatable bonds is 5. The van der Waals surface area contributed by atoms with E-state index in [1.54, 1.807) is 29.8 Å². The van der Waals surface area contributed by atoms with Gasteiger partial charge in [-0.15, -0.1) is 0 Å². The maximum absolute atomic E-state index is 13.0. The van der Waals surface area contributed by atoms with Crippen molar-refractivity contribution in [1.82, 2.24) is 14.3 Å². The Balaban J connectivity index is 1.75. The van der Waals surface area contributed by atoms with Gasteiger partial charge in [0.05, 0.1) is 0 Å². The molecule has 4 rings (SSSR count). The van der Waals surface area contributed by atoms with E-state index < -0.39 is 10.0 Å². The third-order valence-electron chi connectivity index (χ3n) is 4.70. The standard InChI is InChI=1S/C15H19N3O2S/c1-18(14(10-4-5-10)11-6-7-11)21(19,20)13-9-17-15-12(13)3-2-8-16-15/h2-3,8-11,14H,4-7H2,1H3,(H,16,17). The van der Waals surface area contributed by atoms with Crippen molar-refractivity contribution in [3.8, 4) is 0 Å². The van der Waals surface area contributed by atoms with Gasteiger partial charge in [0.25, 0.3) is 0 Å². The van der Waals surface area contributed by atoms with Gasteiger partial charge < -0.3 is 4.98 Å². The van der Waals surface area contributed by atoms with Gasteiger partial charge in [-0.1, -0.05) is 0 Å². The highest BCUT2D eigenvalue weighted by Crippen LogP contribution is 2.48. The SMILES string of the molecule is CN(C(C1CC1)C1CC1)S(=O)(=O)c1c[nH]c2ncccc12. The Labute approximate surface area is 124 Å². The fraction of sp³-hybridized carbons (Fsp3) is 0.533. The molecule has 2 heterocycles. The third-order valence-corrected chi connectivity index (χ3v) is 6.60. The number of nitrogens with zero attached hydrogens (tertiary/aromatic N) is 2. The van der Waals surface area contributed by atoms with E-state index in [-0.39, 0.29) is 6.04 Å². The Morgan fingerprint density at radius 2 is 1.95 bits per heavy atom. The molecule has 2 aliphatic rings. The van der Waals surface area contributed by atoms with E-state index in [2.05, 4.69) is 9.97 Å². The number of sulfonamides is 1. The Hall–Kier alpha value is -1.40. The number of aromatic nitrogens is 2. The first-order chi connectivity index (χ1) is 10.1. The highest BCUT2D eigenvalue weighted by atomic mass is 32.2. The summed E-state index contributed by atoms with van der Waals surface area (Å²) in [6.07, 6.45) is 7.89. The molecule has 0 spiro atoms. The first-order valence-corrected chi connectivity index (χ1v) is 8.93. The van der Waals surface area contributed by atoms with E-state index in [1.807, 2.05) is 6.07 Å². The molecule has 0 saturated heterocycles. The van der Waals surface area contributed by atoms with Crippen LogP contribution in [0.3, 0.4) is 0 Å². The summed E-state index contributed by atoms with van der Waals surface area (Å²) in [4.78, 5) is 7.48. The minimum absolute atomic E-state index is 0.177. The molecular weight excluding hydrogens is 286 g/mol. The topological polar surface area (TPSA) is 66.1 Å². The van der Waals surface area contributed by atoms with Crippen LogP contribution < -0.4 is 0 Å². The zero-order chi connectivity index (χ0) is 14.6. The summed E-state index contributed by atoms with van der Waals surface area (Å²) in [6.45, 7) is 0. The number of aromatic amines is 1. The van der Waals surface area contributed by atoms with Crippen molar-refractivity contribution >= 4 is 21.1 Å². The monoisotopic (exact) mass is 305 g/mol. The Kier molecular flexibility index (Phi) is 2.87. The average molecular weight is 305 g/mol. The van der Waals surface area contributed by atoms with Crippen molar-refractivity contribution < 1.29 is 8.42 Å². The molecule has 0 aromatic carbocycles. The molecule has 2 aliphatic carbocycles. The van der Waals surface area contributed by atoms with Crippen LogP contribution in [0.1, 0.15) is 25.7 Å². The van der Waals surface area contributed by atoms with Crippen LogP contribution in [-0.4, -0.2) is 35.8 Å². The quantitative estimate of drug-likeness (QED) is 0.922. The van der Waals surface area contributed by atoms with Crippen LogP contribution in [0.4, 0.5) is 0 Å². The molecule has 2 saturated carbocycles. The summed E-state index contributed by atoms with van der Waals surface area (Å²) in [6, 6.07) is 3.76. The summed E-state index contributed by atoms with van der Waals surface area (Å²) in [5, 5.41) is 0.676. The zero-order valence-corrected chi connectivity index (χ0v) is 12.8. The molecule has 6 heteroatoms. The molecule has 0 amide bonds. The van der Waals surface area contributed by atoms with Gasteiger partial charge >= 0.3 is 0 Å². The van der Waals surface area contributed by atoms with Gasteiger partial charge in [0.1, 0.15) is 10.5 Å². The van der Waals surface area contributed by atoms with E-state index in [0.29, 0.717) is 27.8 Å². The van der Waals surface area contributed by atoms with Crippen LogP contribution in [0.25, 0.3) is 11.0 Å². The normalized spacial score (nSPS) is 19.8. The molecule has 1 N–H and O–H groups in total. The highest BCUT2D eigenvalue weighted by Gasteiger charge is 2.47. The predicted molar refractivity (Wildman–Crippen MR) is 80.3 cm³/mol. The fourth-order valence-corrected chi connectivity index (χ4v) is 4.94. The van der Waals surface area contributed by atoms with Crippen molar-refractivity contribution in [3.05, 3.63) is 24.5 Å². The lowest BCUT2D eigenvalue weighted by atomic mass is 10.1. The van der Waals surface area contributed by atoms with E-state index in [4.69, 9.17) is 0 Å². The minimum Gasteiger partial charge on any atom is -0.345 e. The number of nitrogens with one attached hydrogen (secondary N) is 1. The van der Waals surface area contributed by atoms with Crippen LogP contribution in [0.5, 0.6) is 0 Å². The minimum atomic E-state index is -3.47. The molecular formula is C15H19N3O2S. The summed E-state index contributed by atoms with van der Waals surface area (Å²) in [5.41, 5.74) is 0.624. The lowest BCUT2D eigenvalue weighted by Gasteiger charge is -2.27. The summed E-state index contributed by atoms with van der Waals surface area (Å²) in [5.74, 6) is 1.11. The number of H-pyrrole nitrogens is 1. The smallest absolute Gasteiger partial charge is 0.245 e. The molecule has 2 fully saturated rings. The van der Waals surface area contributed by atoms with Crippen molar-refractivity contribution in [1.29, 1.82) is 0 Å². The van der Waals surface area contributed by atoms with Crippen LogP contribution in [0.15, 0.2) is 29.4 Å². The maximum Gasteiger partial charge on any atom is 0.245 e. The van der Waals surface area contributed by atoms with E-state index in [9.17, 15) is 8.42 Å². The van der Waals surface area contributed by atoms with Gasteiger partial charge in [-0.25, -0.2) is 13.4 Å². The van der Waals surface area contributed by atoms with Crippen LogP contribution in [0, 0.1) is 11.8 Å². The third kappa shape index (κ3) is 2.17. The van der Waals surface area contributed by atoms with Crippen molar-refractivity contribution in [2.24, 2.45) is 11.8 Å². The van der Waals surface area contributed by atoms with Crippen LogP contribution in [-0.2, 0) is 10.0 Å². The van der Waals surface area contributed by atoms with Crippen molar-refractivity contribution in [2.75, 3.05) is 7.05 Å². The lowest BCUT2D eigenvalue weighted by molar-refractivity contribution is 0.302. The molecule has 2 aromatic rings. The second-order valence-electron chi connectivity index (χ2n) is 6.24. The van der Waals surface area contributed by atoms with Crippen LogP contribution in [0.2, 0.25) is 0 Å². The van der Waals surface area contributed by atoms with E-state index >= 15 is 0 Å². The van der Waals surface area contributed by atoms with Gasteiger partial charge in [0, 0.05) is 30.9 Å². The number of hydrogen-bond acceptors (Lipinski definition) is 3. The Morgan fingerprint density at radius 3 is 2.57 bits per heavy atom. The molecule has 2 aromatic heterocycles.